The van der Waals surface area contributed by atoms with Crippen LogP contribution in [0.2, 0.25) is 0 Å². The van der Waals surface area contributed by atoms with Gasteiger partial charge in [0, 0.05) is 12.1 Å². The SMILES string of the molecule is O=C(Cn1c(=O)n(CCc2ccccc2)c(=O)c2sccc21)c1ccc(F)cc1. The second kappa shape index (κ2) is 7.97. The normalized spacial score (nSPS) is 11.1. The minimum atomic E-state index is -0.521. The van der Waals surface area contributed by atoms with Gasteiger partial charge in [-0.3, -0.25) is 18.7 Å². The topological polar surface area (TPSA) is 61.1 Å². The number of aryl methyl sites for hydroxylation is 1. The van der Waals surface area contributed by atoms with Gasteiger partial charge in [0.1, 0.15) is 10.5 Å². The van der Waals surface area contributed by atoms with Crippen LogP contribution in [-0.2, 0) is 19.5 Å². The quantitative estimate of drug-likeness (QED) is 0.459. The molecule has 2 aromatic carbocycles. The Kier molecular flexibility index (Phi) is 5.22. The maximum Gasteiger partial charge on any atom is 0.331 e. The van der Waals surface area contributed by atoms with Gasteiger partial charge >= 0.3 is 5.69 Å². The van der Waals surface area contributed by atoms with Crippen molar-refractivity contribution in [2.45, 2.75) is 19.5 Å². The van der Waals surface area contributed by atoms with Gasteiger partial charge in [0.25, 0.3) is 5.56 Å². The lowest BCUT2D eigenvalue weighted by molar-refractivity contribution is 0.0971. The van der Waals surface area contributed by atoms with Crippen LogP contribution in [0.25, 0.3) is 10.2 Å². The van der Waals surface area contributed by atoms with Crippen LogP contribution in [0, 0.1) is 5.82 Å². The van der Waals surface area contributed by atoms with Crippen LogP contribution in [0.1, 0.15) is 15.9 Å². The predicted octanol–water partition coefficient (Wildman–Crippen LogP) is 3.49. The number of nitrogens with zero attached hydrogens (tertiary/aromatic N) is 2. The predicted molar refractivity (Wildman–Crippen MR) is 111 cm³/mol. The standard InChI is InChI=1S/C22H17FN2O3S/c23-17-8-6-16(7-9-17)19(26)14-25-18-11-13-29-20(18)21(27)24(22(25)28)12-10-15-4-2-1-3-5-15/h1-9,11,13H,10,12,14H2. The molecule has 0 aliphatic heterocycles. The van der Waals surface area contributed by atoms with E-state index < -0.39 is 11.5 Å². The van der Waals surface area contributed by atoms with E-state index in [1.54, 1.807) is 11.4 Å². The molecule has 7 heteroatoms. The molecule has 0 aliphatic rings. The minimum absolute atomic E-state index is 0.219. The van der Waals surface area contributed by atoms with Crippen LogP contribution < -0.4 is 11.2 Å². The summed E-state index contributed by atoms with van der Waals surface area (Å²) in [6.07, 6.45) is 0.527. The summed E-state index contributed by atoms with van der Waals surface area (Å²) in [6.45, 7) is 0.00355. The van der Waals surface area contributed by atoms with Gasteiger partial charge in [-0.05, 0) is 47.7 Å². The third kappa shape index (κ3) is 3.82. The number of carbonyl (C=O) groups is 1. The average molecular weight is 408 g/mol. The number of thiophene rings is 1. The van der Waals surface area contributed by atoms with Gasteiger partial charge in [-0.1, -0.05) is 30.3 Å². The summed E-state index contributed by atoms with van der Waals surface area (Å²) in [5.41, 5.74) is 0.896. The van der Waals surface area contributed by atoms with Crippen LogP contribution >= 0.6 is 11.3 Å². The van der Waals surface area contributed by atoms with Gasteiger partial charge in [-0.15, -0.1) is 11.3 Å². The number of carbonyl (C=O) groups excluding carboxylic acids is 1. The fourth-order valence-electron chi connectivity index (χ4n) is 3.24. The molecule has 0 radical (unpaired) electrons. The van der Waals surface area contributed by atoms with E-state index in [9.17, 15) is 18.8 Å². The van der Waals surface area contributed by atoms with Crippen LogP contribution in [0.15, 0.2) is 75.6 Å². The third-order valence-corrected chi connectivity index (χ3v) is 5.66. The fraction of sp³-hybridized carbons (Fsp3) is 0.136. The summed E-state index contributed by atoms with van der Waals surface area (Å²) in [5.74, 6) is -0.763. The van der Waals surface area contributed by atoms with Crippen molar-refractivity contribution in [3.8, 4) is 0 Å². The molecule has 2 heterocycles. The molecule has 0 saturated heterocycles. The van der Waals surface area contributed by atoms with Crippen molar-refractivity contribution in [3.05, 3.63) is 104 Å². The molecule has 4 aromatic rings. The Labute approximate surface area is 169 Å². The van der Waals surface area contributed by atoms with Crippen molar-refractivity contribution >= 4 is 27.3 Å². The highest BCUT2D eigenvalue weighted by molar-refractivity contribution is 7.17. The maximum atomic E-state index is 13.1. The van der Waals surface area contributed by atoms with E-state index in [1.165, 1.54) is 44.7 Å². The largest absolute Gasteiger partial charge is 0.331 e. The molecule has 4 rings (SSSR count). The lowest BCUT2D eigenvalue weighted by Crippen LogP contribution is -2.41. The van der Waals surface area contributed by atoms with Crippen molar-refractivity contribution in [1.82, 2.24) is 9.13 Å². The van der Waals surface area contributed by atoms with Crippen molar-refractivity contribution in [3.63, 3.8) is 0 Å². The first-order valence-electron chi connectivity index (χ1n) is 9.08. The van der Waals surface area contributed by atoms with Crippen LogP contribution in [0.3, 0.4) is 0 Å². The molecule has 0 aliphatic carbocycles. The number of halogens is 1. The van der Waals surface area contributed by atoms with E-state index in [4.69, 9.17) is 0 Å². The van der Waals surface area contributed by atoms with Gasteiger partial charge in [0.05, 0.1) is 12.1 Å². The summed E-state index contributed by atoms with van der Waals surface area (Å²) in [4.78, 5) is 38.5. The monoisotopic (exact) mass is 408 g/mol. The van der Waals surface area contributed by atoms with Gasteiger partial charge in [-0.25, -0.2) is 9.18 Å². The molecule has 0 bridgehead atoms. The molecule has 0 amide bonds. The van der Waals surface area contributed by atoms with Crippen molar-refractivity contribution in [1.29, 1.82) is 0 Å². The molecule has 0 atom stereocenters. The summed E-state index contributed by atoms with van der Waals surface area (Å²) in [5, 5.41) is 1.73. The van der Waals surface area contributed by atoms with Gasteiger partial charge in [0.2, 0.25) is 0 Å². The fourth-order valence-corrected chi connectivity index (χ4v) is 4.08. The Balaban J connectivity index is 1.72. The molecule has 0 N–H and O–H groups in total. The number of hydrogen-bond acceptors (Lipinski definition) is 4. The maximum absolute atomic E-state index is 13.1. The lowest BCUT2D eigenvalue weighted by atomic mass is 10.1. The van der Waals surface area contributed by atoms with E-state index in [2.05, 4.69) is 0 Å². The van der Waals surface area contributed by atoms with Crippen LogP contribution in [-0.4, -0.2) is 14.9 Å². The van der Waals surface area contributed by atoms with E-state index in [0.29, 0.717) is 22.2 Å². The van der Waals surface area contributed by atoms with Crippen molar-refractivity contribution in [2.75, 3.05) is 0 Å². The van der Waals surface area contributed by atoms with E-state index in [1.807, 2.05) is 30.3 Å². The second-order valence-electron chi connectivity index (χ2n) is 6.63. The zero-order valence-electron chi connectivity index (χ0n) is 15.4. The Morgan fingerprint density at radius 2 is 1.66 bits per heavy atom. The van der Waals surface area contributed by atoms with Gasteiger partial charge < -0.3 is 0 Å². The molecule has 0 fully saturated rings. The van der Waals surface area contributed by atoms with E-state index >= 15 is 0 Å². The number of rotatable bonds is 6. The number of Topliss-reactive ketones (excluding diaryl/α,β-unsaturated/α-hetero) is 1. The highest BCUT2D eigenvalue weighted by Gasteiger charge is 2.17. The minimum Gasteiger partial charge on any atom is -0.292 e. The van der Waals surface area contributed by atoms with E-state index in [0.717, 1.165) is 5.56 Å². The van der Waals surface area contributed by atoms with Crippen molar-refractivity contribution < 1.29 is 9.18 Å². The molecule has 0 unspecified atom stereocenters. The summed E-state index contributed by atoms with van der Waals surface area (Å²) < 4.78 is 16.1. The smallest absolute Gasteiger partial charge is 0.292 e. The molecule has 0 saturated carbocycles. The summed E-state index contributed by atoms with van der Waals surface area (Å²) >= 11 is 1.24. The van der Waals surface area contributed by atoms with Crippen LogP contribution in [0.4, 0.5) is 4.39 Å². The number of aromatic nitrogens is 2. The van der Waals surface area contributed by atoms with Gasteiger partial charge in [0.15, 0.2) is 5.78 Å². The third-order valence-electron chi connectivity index (χ3n) is 4.77. The first-order valence-corrected chi connectivity index (χ1v) is 9.96. The molecule has 29 heavy (non-hydrogen) atoms. The Bertz CT molecular complexity index is 1290. The molecule has 0 spiro atoms. The number of ketones is 1. The Morgan fingerprint density at radius 3 is 2.38 bits per heavy atom. The lowest BCUT2D eigenvalue weighted by Gasteiger charge is -2.12. The highest BCUT2D eigenvalue weighted by Crippen LogP contribution is 2.16. The Hall–Kier alpha value is -3.32. The average Bonchev–Trinajstić information content (AvgIpc) is 3.22. The second-order valence-corrected chi connectivity index (χ2v) is 7.54. The molecule has 146 valence electrons. The Morgan fingerprint density at radius 1 is 0.931 bits per heavy atom. The summed E-state index contributed by atoms with van der Waals surface area (Å²) in [7, 11) is 0. The first-order chi connectivity index (χ1) is 14.0. The van der Waals surface area contributed by atoms with E-state index in [-0.39, 0.29) is 24.4 Å². The molecular weight excluding hydrogens is 391 g/mol. The number of hydrogen-bond donors (Lipinski definition) is 0. The molecule has 2 aromatic heterocycles. The number of benzene rings is 2. The molecular formula is C22H17FN2O3S. The molecule has 5 nitrogen and oxygen atoms in total. The van der Waals surface area contributed by atoms with Gasteiger partial charge in [-0.2, -0.15) is 0 Å². The number of fused-ring (bicyclic) bond motifs is 1. The highest BCUT2D eigenvalue weighted by atomic mass is 32.1. The summed E-state index contributed by atoms with van der Waals surface area (Å²) in [6, 6.07) is 16.4. The van der Waals surface area contributed by atoms with Crippen LogP contribution in [0.5, 0.6) is 0 Å². The first kappa shape index (κ1) is 19.0. The zero-order chi connectivity index (χ0) is 20.4. The zero-order valence-corrected chi connectivity index (χ0v) is 16.2. The van der Waals surface area contributed by atoms with Crippen molar-refractivity contribution in [2.24, 2.45) is 0 Å².